The van der Waals surface area contributed by atoms with E-state index >= 15 is 0 Å². The number of fused-ring (bicyclic) bond motifs is 1. The fourth-order valence-corrected chi connectivity index (χ4v) is 3.11. The van der Waals surface area contributed by atoms with Crippen molar-refractivity contribution < 1.29 is 8.42 Å². The zero-order valence-corrected chi connectivity index (χ0v) is 12.1. The standard InChI is InChI=1S/C12H16BrNO2S/c1-17(15,16)7-6-14-12-5-2-9-8-10(13)3-4-11(9)12/h3-4,8,12,14H,2,5-7H2,1H3. The Kier molecular flexibility index (Phi) is 3.90. The van der Waals surface area contributed by atoms with Crippen molar-refractivity contribution >= 4 is 25.8 Å². The number of sulfone groups is 1. The molecule has 0 amide bonds. The summed E-state index contributed by atoms with van der Waals surface area (Å²) in [4.78, 5) is 0. The number of nitrogens with one attached hydrogen (secondary N) is 1. The van der Waals surface area contributed by atoms with Gasteiger partial charge in [-0.25, -0.2) is 8.42 Å². The van der Waals surface area contributed by atoms with Gasteiger partial charge in [0.2, 0.25) is 0 Å². The second-order valence-corrected chi connectivity index (χ2v) is 7.69. The first kappa shape index (κ1) is 13.1. The normalized spacial score (nSPS) is 19.3. The number of halogens is 1. The molecule has 0 fully saturated rings. The maximum absolute atomic E-state index is 11.0. The third kappa shape index (κ3) is 3.53. The first-order valence-corrected chi connectivity index (χ1v) is 8.50. The lowest BCUT2D eigenvalue weighted by Gasteiger charge is -2.13. The van der Waals surface area contributed by atoms with Gasteiger partial charge in [0.05, 0.1) is 5.75 Å². The van der Waals surface area contributed by atoms with E-state index in [1.54, 1.807) is 0 Å². The van der Waals surface area contributed by atoms with Gasteiger partial charge < -0.3 is 5.32 Å². The molecule has 2 rings (SSSR count). The van der Waals surface area contributed by atoms with E-state index in [2.05, 4.69) is 33.4 Å². The van der Waals surface area contributed by atoms with Gasteiger partial charge in [0.25, 0.3) is 0 Å². The molecule has 5 heteroatoms. The van der Waals surface area contributed by atoms with Crippen LogP contribution in [0.3, 0.4) is 0 Å². The lowest BCUT2D eigenvalue weighted by molar-refractivity contribution is 0.542. The summed E-state index contributed by atoms with van der Waals surface area (Å²) in [7, 11) is -2.87. The Bertz CT molecular complexity index is 513. The van der Waals surface area contributed by atoms with Crippen molar-refractivity contribution in [2.24, 2.45) is 0 Å². The molecule has 17 heavy (non-hydrogen) atoms. The van der Waals surface area contributed by atoms with Crippen molar-refractivity contribution in [2.45, 2.75) is 18.9 Å². The Morgan fingerprint density at radius 3 is 2.94 bits per heavy atom. The number of benzene rings is 1. The van der Waals surface area contributed by atoms with E-state index < -0.39 is 9.84 Å². The molecule has 1 aliphatic rings. The van der Waals surface area contributed by atoms with Gasteiger partial charge in [-0.1, -0.05) is 22.0 Å². The lowest BCUT2D eigenvalue weighted by atomic mass is 10.1. The van der Waals surface area contributed by atoms with E-state index in [0.717, 1.165) is 17.3 Å². The summed E-state index contributed by atoms with van der Waals surface area (Å²) in [5.41, 5.74) is 2.66. The quantitative estimate of drug-likeness (QED) is 0.924. The highest BCUT2D eigenvalue weighted by atomic mass is 79.9. The number of rotatable bonds is 4. The van der Waals surface area contributed by atoms with Crippen molar-refractivity contribution in [3.63, 3.8) is 0 Å². The van der Waals surface area contributed by atoms with Gasteiger partial charge in [-0.2, -0.15) is 0 Å². The first-order valence-electron chi connectivity index (χ1n) is 5.65. The van der Waals surface area contributed by atoms with Crippen molar-refractivity contribution in [3.05, 3.63) is 33.8 Å². The molecule has 1 atom stereocenters. The van der Waals surface area contributed by atoms with Gasteiger partial charge in [0.1, 0.15) is 9.84 Å². The maximum Gasteiger partial charge on any atom is 0.148 e. The molecular formula is C12H16BrNO2S. The Morgan fingerprint density at radius 1 is 1.47 bits per heavy atom. The SMILES string of the molecule is CS(=O)(=O)CCNC1CCc2cc(Br)ccc21. The summed E-state index contributed by atoms with van der Waals surface area (Å²) in [6, 6.07) is 6.60. The molecule has 0 saturated carbocycles. The molecule has 3 nitrogen and oxygen atoms in total. The average molecular weight is 318 g/mol. The van der Waals surface area contributed by atoms with Crippen LogP contribution in [0.4, 0.5) is 0 Å². The molecule has 0 aromatic heterocycles. The van der Waals surface area contributed by atoms with Crippen LogP contribution >= 0.6 is 15.9 Å². The molecule has 0 bridgehead atoms. The van der Waals surface area contributed by atoms with Crippen LogP contribution in [0.1, 0.15) is 23.6 Å². The summed E-state index contributed by atoms with van der Waals surface area (Å²) >= 11 is 3.46. The van der Waals surface area contributed by atoms with Crippen LogP contribution in [0.2, 0.25) is 0 Å². The third-order valence-corrected chi connectivity index (χ3v) is 4.49. The summed E-state index contributed by atoms with van der Waals surface area (Å²) in [5, 5.41) is 3.32. The molecule has 0 aliphatic heterocycles. The van der Waals surface area contributed by atoms with Crippen molar-refractivity contribution in [1.29, 1.82) is 0 Å². The number of hydrogen-bond acceptors (Lipinski definition) is 3. The average Bonchev–Trinajstić information content (AvgIpc) is 2.59. The van der Waals surface area contributed by atoms with Crippen LogP contribution in [0.25, 0.3) is 0 Å². The van der Waals surface area contributed by atoms with Crippen LogP contribution in [0.15, 0.2) is 22.7 Å². The van der Waals surface area contributed by atoms with Gasteiger partial charge >= 0.3 is 0 Å². The van der Waals surface area contributed by atoms with Gasteiger partial charge in [-0.15, -0.1) is 0 Å². The summed E-state index contributed by atoms with van der Waals surface area (Å²) in [6.07, 6.45) is 3.38. The fourth-order valence-electron chi connectivity index (χ4n) is 2.22. The Hall–Kier alpha value is -0.390. The fraction of sp³-hybridized carbons (Fsp3) is 0.500. The minimum atomic E-state index is -2.87. The maximum atomic E-state index is 11.0. The highest BCUT2D eigenvalue weighted by molar-refractivity contribution is 9.10. The molecule has 1 aromatic rings. The van der Waals surface area contributed by atoms with E-state index in [9.17, 15) is 8.42 Å². The molecule has 1 aromatic carbocycles. The molecule has 94 valence electrons. The highest BCUT2D eigenvalue weighted by Crippen LogP contribution is 2.32. The topological polar surface area (TPSA) is 46.2 Å². The second-order valence-electron chi connectivity index (χ2n) is 4.52. The minimum Gasteiger partial charge on any atom is -0.309 e. The van der Waals surface area contributed by atoms with E-state index in [4.69, 9.17) is 0 Å². The smallest absolute Gasteiger partial charge is 0.148 e. The Labute approximate surface area is 111 Å². The summed E-state index contributed by atoms with van der Waals surface area (Å²) in [5.74, 6) is 0.204. The van der Waals surface area contributed by atoms with Crippen molar-refractivity contribution in [3.8, 4) is 0 Å². The largest absolute Gasteiger partial charge is 0.309 e. The predicted octanol–water partition coefficient (Wildman–Crippen LogP) is 2.07. The van der Waals surface area contributed by atoms with E-state index in [0.29, 0.717) is 12.6 Å². The van der Waals surface area contributed by atoms with Crippen LogP contribution in [0, 0.1) is 0 Å². The molecule has 1 N–H and O–H groups in total. The number of aryl methyl sites for hydroxylation is 1. The van der Waals surface area contributed by atoms with E-state index in [-0.39, 0.29) is 5.75 Å². The molecule has 1 aliphatic carbocycles. The van der Waals surface area contributed by atoms with Gasteiger partial charge in [0.15, 0.2) is 0 Å². The molecule has 0 saturated heterocycles. The summed E-state index contributed by atoms with van der Waals surface area (Å²) in [6.45, 7) is 0.527. The van der Waals surface area contributed by atoms with E-state index in [1.165, 1.54) is 17.4 Å². The Morgan fingerprint density at radius 2 is 2.24 bits per heavy atom. The Balaban J connectivity index is 1.98. The van der Waals surface area contributed by atoms with Crippen LogP contribution in [0.5, 0.6) is 0 Å². The van der Waals surface area contributed by atoms with Crippen LogP contribution in [-0.4, -0.2) is 27.0 Å². The highest BCUT2D eigenvalue weighted by Gasteiger charge is 2.21. The third-order valence-electron chi connectivity index (χ3n) is 3.05. The molecular weight excluding hydrogens is 302 g/mol. The molecule has 1 unspecified atom stereocenters. The zero-order valence-electron chi connectivity index (χ0n) is 9.74. The van der Waals surface area contributed by atoms with Crippen LogP contribution < -0.4 is 5.32 Å². The predicted molar refractivity (Wildman–Crippen MR) is 72.9 cm³/mol. The second kappa shape index (κ2) is 5.08. The monoisotopic (exact) mass is 317 g/mol. The number of hydrogen-bond donors (Lipinski definition) is 1. The van der Waals surface area contributed by atoms with E-state index in [1.807, 2.05) is 6.07 Å². The summed E-state index contributed by atoms with van der Waals surface area (Å²) < 4.78 is 23.2. The van der Waals surface area contributed by atoms with Gasteiger partial charge in [-0.3, -0.25) is 0 Å². The van der Waals surface area contributed by atoms with Crippen molar-refractivity contribution in [1.82, 2.24) is 5.32 Å². The van der Waals surface area contributed by atoms with Crippen LogP contribution in [-0.2, 0) is 16.3 Å². The zero-order chi connectivity index (χ0) is 12.5. The molecule has 0 radical (unpaired) electrons. The minimum absolute atomic E-state index is 0.204. The molecule has 0 spiro atoms. The van der Waals surface area contributed by atoms with Crippen molar-refractivity contribution in [2.75, 3.05) is 18.6 Å². The van der Waals surface area contributed by atoms with Gasteiger partial charge in [0, 0.05) is 23.3 Å². The first-order chi connectivity index (χ1) is 7.96. The molecule has 0 heterocycles. The lowest BCUT2D eigenvalue weighted by Crippen LogP contribution is -2.25. The van der Waals surface area contributed by atoms with Gasteiger partial charge in [-0.05, 0) is 36.1 Å².